The summed E-state index contributed by atoms with van der Waals surface area (Å²) in [5.74, 6) is 0.724. The van der Waals surface area contributed by atoms with Crippen molar-refractivity contribution < 1.29 is 13.9 Å². The van der Waals surface area contributed by atoms with Crippen molar-refractivity contribution in [3.63, 3.8) is 0 Å². The largest absolute Gasteiger partial charge is 0.467 e. The summed E-state index contributed by atoms with van der Waals surface area (Å²) >= 11 is 0. The fraction of sp³-hybridized carbons (Fsp3) is 0.304. The van der Waals surface area contributed by atoms with E-state index in [0.717, 1.165) is 28.9 Å². The Kier molecular flexibility index (Phi) is 5.33. The van der Waals surface area contributed by atoms with E-state index in [2.05, 4.69) is 4.98 Å². The second-order valence-corrected chi connectivity index (χ2v) is 7.97. The highest BCUT2D eigenvalue weighted by Crippen LogP contribution is 2.25. The molecule has 10 heteroatoms. The molecule has 0 unspecified atom stereocenters. The third-order valence-electron chi connectivity index (χ3n) is 5.76. The van der Waals surface area contributed by atoms with Crippen LogP contribution in [0.1, 0.15) is 17.7 Å². The number of imidazole rings is 1. The number of hydrogen-bond acceptors (Lipinski definition) is 7. The first-order valence-corrected chi connectivity index (χ1v) is 10.7. The van der Waals surface area contributed by atoms with Crippen LogP contribution in [-0.4, -0.2) is 31.2 Å². The number of carbonyl (C=O) groups is 1. The third kappa shape index (κ3) is 3.84. The molecular formula is C23H23N5O5. The van der Waals surface area contributed by atoms with Crippen LogP contribution in [-0.2, 0) is 42.8 Å². The molecule has 1 aliphatic rings. The number of aromatic nitrogens is 4. The Morgan fingerprint density at radius 1 is 1.12 bits per heavy atom. The van der Waals surface area contributed by atoms with Crippen LogP contribution >= 0.6 is 0 Å². The van der Waals surface area contributed by atoms with E-state index in [1.54, 1.807) is 13.3 Å². The molecular weight excluding hydrogens is 426 g/mol. The van der Waals surface area contributed by atoms with Crippen LogP contribution in [0.3, 0.4) is 0 Å². The number of hydrogen-bond donors (Lipinski definition) is 0. The average molecular weight is 449 g/mol. The number of esters is 1. The van der Waals surface area contributed by atoms with E-state index >= 15 is 0 Å². The molecule has 170 valence electrons. The molecule has 0 amide bonds. The van der Waals surface area contributed by atoms with Gasteiger partial charge in [0.15, 0.2) is 11.2 Å². The second-order valence-electron chi connectivity index (χ2n) is 7.97. The number of anilines is 1. The lowest BCUT2D eigenvalue weighted by molar-refractivity contribution is -0.145. The second kappa shape index (κ2) is 8.45. The first-order chi connectivity index (χ1) is 16.0. The predicted molar refractivity (Wildman–Crippen MR) is 120 cm³/mol. The van der Waals surface area contributed by atoms with Crippen molar-refractivity contribution in [2.24, 2.45) is 7.05 Å². The Bertz CT molecular complexity index is 1420. The fourth-order valence-corrected chi connectivity index (χ4v) is 4.13. The fourth-order valence-electron chi connectivity index (χ4n) is 4.13. The zero-order valence-electron chi connectivity index (χ0n) is 18.1. The summed E-state index contributed by atoms with van der Waals surface area (Å²) < 4.78 is 14.8. The molecule has 1 aliphatic heterocycles. The van der Waals surface area contributed by atoms with E-state index in [0.29, 0.717) is 30.2 Å². The van der Waals surface area contributed by atoms with E-state index in [1.807, 2.05) is 51.9 Å². The maximum absolute atomic E-state index is 13.3. The van der Waals surface area contributed by atoms with Crippen molar-refractivity contribution in [3.8, 4) is 0 Å². The van der Waals surface area contributed by atoms with E-state index in [4.69, 9.17) is 9.15 Å². The molecule has 0 atom stereocenters. The van der Waals surface area contributed by atoms with E-state index in [1.165, 1.54) is 4.57 Å². The number of aryl methyl sites for hydroxylation is 2. The number of furan rings is 1. The molecule has 0 bridgehead atoms. The summed E-state index contributed by atoms with van der Waals surface area (Å²) in [6.07, 6.45) is 2.42. The van der Waals surface area contributed by atoms with E-state index in [-0.39, 0.29) is 6.61 Å². The van der Waals surface area contributed by atoms with Gasteiger partial charge in [0, 0.05) is 20.1 Å². The average Bonchev–Trinajstić information content (AvgIpc) is 3.48. The molecule has 0 fully saturated rings. The summed E-state index contributed by atoms with van der Waals surface area (Å²) in [6, 6.07) is 12.9. The molecule has 3 aromatic heterocycles. The van der Waals surface area contributed by atoms with Gasteiger partial charge in [-0.1, -0.05) is 30.3 Å². The van der Waals surface area contributed by atoms with Crippen LogP contribution in [0.4, 0.5) is 5.95 Å². The molecule has 4 aromatic rings. The molecule has 0 saturated heterocycles. The molecule has 33 heavy (non-hydrogen) atoms. The van der Waals surface area contributed by atoms with Crippen LogP contribution in [0.25, 0.3) is 11.2 Å². The summed E-state index contributed by atoms with van der Waals surface area (Å²) in [5, 5.41) is 0. The maximum Gasteiger partial charge on any atom is 0.333 e. The van der Waals surface area contributed by atoms with Crippen molar-refractivity contribution in [2.45, 2.75) is 32.7 Å². The van der Waals surface area contributed by atoms with Gasteiger partial charge in [-0.2, -0.15) is 4.98 Å². The van der Waals surface area contributed by atoms with Gasteiger partial charge in [-0.3, -0.25) is 14.2 Å². The lowest BCUT2D eigenvalue weighted by Gasteiger charge is -2.28. The summed E-state index contributed by atoms with van der Waals surface area (Å²) in [7, 11) is 1.55. The molecule has 0 saturated carbocycles. The number of rotatable bonds is 6. The van der Waals surface area contributed by atoms with Crippen molar-refractivity contribution in [3.05, 3.63) is 80.9 Å². The minimum atomic E-state index is -0.657. The lowest BCUT2D eigenvalue weighted by atomic mass is 10.2. The zero-order valence-corrected chi connectivity index (χ0v) is 18.1. The van der Waals surface area contributed by atoms with Gasteiger partial charge in [-0.25, -0.2) is 9.36 Å². The van der Waals surface area contributed by atoms with Crippen molar-refractivity contribution in [1.29, 1.82) is 0 Å². The molecule has 1 aromatic carbocycles. The SMILES string of the molecule is Cn1c(=O)n(CC(=O)OCc2ccccc2)c(=O)c2c1nc1n2CCCN1Cc1ccco1. The van der Waals surface area contributed by atoms with Gasteiger partial charge in [-0.15, -0.1) is 0 Å². The minimum absolute atomic E-state index is 0.0702. The Hall–Kier alpha value is -4.08. The Morgan fingerprint density at radius 2 is 1.94 bits per heavy atom. The normalized spacial score (nSPS) is 13.3. The topological polar surface area (TPSA) is 104 Å². The monoisotopic (exact) mass is 449 g/mol. The van der Waals surface area contributed by atoms with Gasteiger partial charge in [0.1, 0.15) is 18.9 Å². The molecule has 0 radical (unpaired) electrons. The lowest BCUT2D eigenvalue weighted by Crippen LogP contribution is -2.42. The van der Waals surface area contributed by atoms with E-state index in [9.17, 15) is 14.4 Å². The van der Waals surface area contributed by atoms with E-state index < -0.39 is 23.8 Å². The number of fused-ring (bicyclic) bond motifs is 3. The van der Waals surface area contributed by atoms with Crippen molar-refractivity contribution in [1.82, 2.24) is 18.7 Å². The third-order valence-corrected chi connectivity index (χ3v) is 5.76. The van der Waals surface area contributed by atoms with Gasteiger partial charge < -0.3 is 18.6 Å². The molecule has 0 N–H and O–H groups in total. The van der Waals surface area contributed by atoms with Crippen LogP contribution < -0.4 is 16.1 Å². The first kappa shape index (κ1) is 20.8. The van der Waals surface area contributed by atoms with Crippen LogP contribution in [0.15, 0.2) is 62.7 Å². The number of ether oxygens (including phenoxy) is 1. The summed E-state index contributed by atoms with van der Waals surface area (Å²) in [4.78, 5) is 45.3. The van der Waals surface area contributed by atoms with Crippen molar-refractivity contribution >= 4 is 23.1 Å². The highest BCUT2D eigenvalue weighted by atomic mass is 16.5. The van der Waals surface area contributed by atoms with Gasteiger partial charge in [0.05, 0.1) is 12.8 Å². The number of nitrogens with zero attached hydrogens (tertiary/aromatic N) is 5. The molecule has 0 spiro atoms. The summed E-state index contributed by atoms with van der Waals surface area (Å²) in [6.45, 7) is 1.44. The molecule has 4 heterocycles. The first-order valence-electron chi connectivity index (χ1n) is 10.7. The molecule has 10 nitrogen and oxygen atoms in total. The highest BCUT2D eigenvalue weighted by molar-refractivity contribution is 5.76. The smallest absolute Gasteiger partial charge is 0.333 e. The van der Waals surface area contributed by atoms with Crippen LogP contribution in [0.5, 0.6) is 0 Å². The van der Waals surface area contributed by atoms with Gasteiger partial charge >= 0.3 is 11.7 Å². The Labute approximate surface area is 188 Å². The summed E-state index contributed by atoms with van der Waals surface area (Å²) in [5.41, 5.74) is 0.246. The molecule has 0 aliphatic carbocycles. The maximum atomic E-state index is 13.3. The standard InChI is InChI=1S/C23H23N5O5/c1-25-20-19(27-11-6-10-26(22(27)24-20)13-17-9-5-12-32-17)21(30)28(23(25)31)14-18(29)33-15-16-7-3-2-4-8-16/h2-5,7-9,12H,6,10-11,13-15H2,1H3. The number of carbonyl (C=O) groups excluding carboxylic acids is 1. The van der Waals surface area contributed by atoms with Gasteiger partial charge in [-0.05, 0) is 24.1 Å². The van der Waals surface area contributed by atoms with Crippen LogP contribution in [0.2, 0.25) is 0 Å². The highest BCUT2D eigenvalue weighted by Gasteiger charge is 2.27. The zero-order chi connectivity index (χ0) is 22.9. The van der Waals surface area contributed by atoms with Crippen molar-refractivity contribution in [2.75, 3.05) is 11.4 Å². The predicted octanol–water partition coefficient (Wildman–Crippen LogP) is 1.64. The quantitative estimate of drug-likeness (QED) is 0.412. The minimum Gasteiger partial charge on any atom is -0.467 e. The molecule has 5 rings (SSSR count). The Morgan fingerprint density at radius 3 is 2.70 bits per heavy atom. The van der Waals surface area contributed by atoms with Gasteiger partial charge in [0.25, 0.3) is 5.56 Å². The number of benzene rings is 1. The van der Waals surface area contributed by atoms with Crippen LogP contribution in [0, 0.1) is 0 Å². The van der Waals surface area contributed by atoms with Gasteiger partial charge in [0.2, 0.25) is 5.95 Å². The Balaban J connectivity index is 1.48.